The zero-order valence-electron chi connectivity index (χ0n) is 10.5. The van der Waals surface area contributed by atoms with Gasteiger partial charge in [0, 0.05) is 5.39 Å². The maximum atomic E-state index is 13.4. The van der Waals surface area contributed by atoms with Gasteiger partial charge in [0.05, 0.1) is 23.8 Å². The van der Waals surface area contributed by atoms with E-state index in [9.17, 15) is 9.18 Å². The average molecular weight is 270 g/mol. The van der Waals surface area contributed by atoms with Crippen LogP contribution in [0.25, 0.3) is 10.9 Å². The van der Waals surface area contributed by atoms with Crippen molar-refractivity contribution in [3.8, 4) is 0 Å². The summed E-state index contributed by atoms with van der Waals surface area (Å²) in [6, 6.07) is 11.5. The van der Waals surface area contributed by atoms with Crippen LogP contribution in [0.5, 0.6) is 0 Å². The lowest BCUT2D eigenvalue weighted by Crippen LogP contribution is -2.04. The zero-order valence-corrected chi connectivity index (χ0v) is 10.5. The fourth-order valence-electron chi connectivity index (χ4n) is 2.19. The van der Waals surface area contributed by atoms with E-state index < -0.39 is 11.8 Å². The number of nitrogens with zero attached hydrogens (tertiary/aromatic N) is 2. The summed E-state index contributed by atoms with van der Waals surface area (Å²) in [4.78, 5) is 10.9. The Labute approximate surface area is 114 Å². The van der Waals surface area contributed by atoms with E-state index >= 15 is 0 Å². The Morgan fingerprint density at radius 2 is 2.05 bits per heavy atom. The van der Waals surface area contributed by atoms with Gasteiger partial charge in [-0.1, -0.05) is 18.2 Å². The zero-order chi connectivity index (χ0) is 14.1. The molecular formula is C15H11FN2O2. The van der Waals surface area contributed by atoms with Crippen LogP contribution in [0.1, 0.15) is 15.9 Å². The van der Waals surface area contributed by atoms with Crippen molar-refractivity contribution in [2.75, 3.05) is 0 Å². The molecule has 0 spiro atoms. The van der Waals surface area contributed by atoms with Gasteiger partial charge in [0.15, 0.2) is 0 Å². The predicted molar refractivity (Wildman–Crippen MR) is 72.2 cm³/mol. The van der Waals surface area contributed by atoms with E-state index in [0.29, 0.717) is 12.1 Å². The number of aromatic nitrogens is 2. The monoisotopic (exact) mass is 270 g/mol. The molecule has 0 aliphatic carbocycles. The number of hydrogen-bond acceptors (Lipinski definition) is 2. The smallest absolute Gasteiger partial charge is 0.335 e. The van der Waals surface area contributed by atoms with Gasteiger partial charge < -0.3 is 5.11 Å². The molecule has 0 aliphatic heterocycles. The number of aromatic carboxylic acids is 1. The molecule has 3 aromatic rings. The Hall–Kier alpha value is -2.69. The van der Waals surface area contributed by atoms with Crippen molar-refractivity contribution < 1.29 is 14.3 Å². The largest absolute Gasteiger partial charge is 0.478 e. The lowest BCUT2D eigenvalue weighted by molar-refractivity contribution is 0.0696. The van der Waals surface area contributed by atoms with Crippen molar-refractivity contribution in [1.82, 2.24) is 9.78 Å². The van der Waals surface area contributed by atoms with Gasteiger partial charge in [-0.15, -0.1) is 0 Å². The van der Waals surface area contributed by atoms with Crippen LogP contribution < -0.4 is 0 Å². The van der Waals surface area contributed by atoms with E-state index in [-0.39, 0.29) is 5.56 Å². The molecule has 0 saturated carbocycles. The van der Waals surface area contributed by atoms with Gasteiger partial charge in [-0.25, -0.2) is 9.18 Å². The van der Waals surface area contributed by atoms with Crippen LogP contribution in [-0.4, -0.2) is 20.9 Å². The third-order valence-corrected chi connectivity index (χ3v) is 3.09. The second-order valence-electron chi connectivity index (χ2n) is 4.51. The highest BCUT2D eigenvalue weighted by Gasteiger charge is 2.09. The first-order valence-electron chi connectivity index (χ1n) is 6.07. The van der Waals surface area contributed by atoms with Crippen LogP contribution in [0.15, 0.2) is 48.7 Å². The molecule has 0 unspecified atom stereocenters. The predicted octanol–water partition coefficient (Wildman–Crippen LogP) is 2.92. The second-order valence-corrected chi connectivity index (χ2v) is 4.51. The third-order valence-electron chi connectivity index (χ3n) is 3.09. The summed E-state index contributed by atoms with van der Waals surface area (Å²) in [5.41, 5.74) is 1.43. The molecule has 0 amide bonds. The average Bonchev–Trinajstić information content (AvgIpc) is 2.82. The van der Waals surface area contributed by atoms with Crippen molar-refractivity contribution in [3.63, 3.8) is 0 Å². The summed E-state index contributed by atoms with van der Waals surface area (Å²) < 4.78 is 15.2. The van der Waals surface area contributed by atoms with E-state index in [1.54, 1.807) is 10.9 Å². The lowest BCUT2D eigenvalue weighted by Gasteiger charge is -2.05. The molecule has 1 heterocycles. The number of para-hydroxylation sites is 1. The summed E-state index contributed by atoms with van der Waals surface area (Å²) >= 11 is 0. The molecule has 3 rings (SSSR count). The molecule has 0 atom stereocenters. The number of carboxylic acid groups (broad SMARTS) is 1. The molecule has 20 heavy (non-hydrogen) atoms. The lowest BCUT2D eigenvalue weighted by atomic mass is 10.1. The van der Waals surface area contributed by atoms with E-state index in [4.69, 9.17) is 5.11 Å². The molecule has 2 aromatic carbocycles. The highest BCUT2D eigenvalue weighted by atomic mass is 19.1. The number of fused-ring (bicyclic) bond motifs is 1. The Morgan fingerprint density at radius 3 is 2.85 bits per heavy atom. The molecule has 1 N–H and O–H groups in total. The van der Waals surface area contributed by atoms with Crippen LogP contribution in [0.4, 0.5) is 4.39 Å². The van der Waals surface area contributed by atoms with Crippen molar-refractivity contribution >= 4 is 16.9 Å². The molecule has 0 fully saturated rings. The van der Waals surface area contributed by atoms with Crippen LogP contribution in [-0.2, 0) is 6.54 Å². The molecule has 100 valence electrons. The standard InChI is InChI=1S/C15H11FN2O2/c16-13-6-10(5-12(7-13)15(19)20)9-18-14-4-2-1-3-11(14)8-17-18/h1-8H,9H2,(H,19,20). The van der Waals surface area contributed by atoms with Gasteiger partial charge in [0.1, 0.15) is 5.82 Å². The minimum absolute atomic E-state index is 0.0588. The molecule has 0 aliphatic rings. The van der Waals surface area contributed by atoms with Gasteiger partial charge in [0.25, 0.3) is 0 Å². The van der Waals surface area contributed by atoms with Crippen LogP contribution in [0, 0.1) is 5.82 Å². The Balaban J connectivity index is 2.00. The first kappa shape index (κ1) is 12.3. The Kier molecular flexibility index (Phi) is 2.95. The molecule has 0 radical (unpaired) electrons. The van der Waals surface area contributed by atoms with Crippen LogP contribution >= 0.6 is 0 Å². The normalized spacial score (nSPS) is 10.8. The van der Waals surface area contributed by atoms with E-state index in [1.807, 2.05) is 24.3 Å². The highest BCUT2D eigenvalue weighted by molar-refractivity contribution is 5.87. The number of rotatable bonds is 3. The van der Waals surface area contributed by atoms with Gasteiger partial charge >= 0.3 is 5.97 Å². The van der Waals surface area contributed by atoms with Crippen molar-refractivity contribution in [2.24, 2.45) is 0 Å². The first-order valence-corrected chi connectivity index (χ1v) is 6.07. The van der Waals surface area contributed by atoms with E-state index in [2.05, 4.69) is 5.10 Å². The van der Waals surface area contributed by atoms with Crippen molar-refractivity contribution in [3.05, 3.63) is 65.6 Å². The molecular weight excluding hydrogens is 259 g/mol. The molecule has 1 aromatic heterocycles. The van der Waals surface area contributed by atoms with Crippen LogP contribution in [0.3, 0.4) is 0 Å². The number of carbonyl (C=O) groups is 1. The Morgan fingerprint density at radius 1 is 1.25 bits per heavy atom. The summed E-state index contributed by atoms with van der Waals surface area (Å²) in [7, 11) is 0. The van der Waals surface area contributed by atoms with Gasteiger partial charge in [-0.2, -0.15) is 5.10 Å². The van der Waals surface area contributed by atoms with Crippen LogP contribution in [0.2, 0.25) is 0 Å². The summed E-state index contributed by atoms with van der Waals surface area (Å²) in [5, 5.41) is 14.2. The SMILES string of the molecule is O=C(O)c1cc(F)cc(Cn2ncc3ccccc32)c1. The van der Waals surface area contributed by atoms with Gasteiger partial charge in [-0.3, -0.25) is 4.68 Å². The minimum atomic E-state index is -1.14. The third kappa shape index (κ3) is 2.25. The molecule has 5 heteroatoms. The number of hydrogen-bond donors (Lipinski definition) is 1. The summed E-state index contributed by atoms with van der Waals surface area (Å²) in [6.07, 6.45) is 1.73. The molecule has 0 saturated heterocycles. The topological polar surface area (TPSA) is 55.1 Å². The first-order chi connectivity index (χ1) is 9.63. The van der Waals surface area contributed by atoms with Gasteiger partial charge in [-0.05, 0) is 29.8 Å². The van der Waals surface area contributed by atoms with Crippen molar-refractivity contribution in [2.45, 2.75) is 6.54 Å². The molecule has 0 bridgehead atoms. The Bertz CT molecular complexity index is 795. The quantitative estimate of drug-likeness (QED) is 0.796. The van der Waals surface area contributed by atoms with E-state index in [0.717, 1.165) is 17.0 Å². The minimum Gasteiger partial charge on any atom is -0.478 e. The highest BCUT2D eigenvalue weighted by Crippen LogP contribution is 2.16. The number of benzene rings is 2. The number of halogens is 1. The van der Waals surface area contributed by atoms with E-state index in [1.165, 1.54) is 12.1 Å². The second kappa shape index (κ2) is 4.77. The van der Waals surface area contributed by atoms with Gasteiger partial charge in [0.2, 0.25) is 0 Å². The van der Waals surface area contributed by atoms with Crippen molar-refractivity contribution in [1.29, 1.82) is 0 Å². The fourth-order valence-corrected chi connectivity index (χ4v) is 2.19. The summed E-state index contributed by atoms with van der Waals surface area (Å²) in [5.74, 6) is -1.70. The number of carboxylic acids is 1. The maximum absolute atomic E-state index is 13.4. The summed E-state index contributed by atoms with van der Waals surface area (Å²) in [6.45, 7) is 0.325. The maximum Gasteiger partial charge on any atom is 0.335 e. The molecule has 4 nitrogen and oxygen atoms in total. The fraction of sp³-hybridized carbons (Fsp3) is 0.0667.